The first kappa shape index (κ1) is 76.8. The Morgan fingerprint density at radius 2 is 1.41 bits per heavy atom. The first-order valence-corrected chi connectivity index (χ1v) is 28.6. The molecule has 474 valence electrons. The minimum Gasteiger partial charge on any atom is -1.00 e. The fraction of sp³-hybridized carbons (Fsp3) is 0.660. The molecule has 0 spiro atoms. The molecule has 85 heavy (non-hydrogen) atoms. The molecule has 1 aromatic rings. The molecule has 18 N–H and O–H groups in total. The van der Waals surface area contributed by atoms with Gasteiger partial charge in [0.1, 0.15) is 66.4 Å². The van der Waals surface area contributed by atoms with Crippen molar-refractivity contribution in [1.82, 2.24) is 42.1 Å². The standard InChI is InChI=1S/C45H69N11O12S.C8H16O7.Na.H/c1-6-25(4)38-44(66)51-28(15-16-34(46)57)40(62)52-31(21-35(47)58)41(63)54-32(23-69-18-8-10-37(60)50-30(42(64)55-38)20-26-11-13-27(68-5)14-12-26)45(67)56-17-7-9-33(56)43(65)53-29(19-24(2)3)39(61)49-22-36(48)59;1-4(11)15-8(6(13)3-10)7(14)5(12)2-9;;/h11-14,24-25,28-33,38H,6-10,15-23H2,1-5H3,(H2,46,57)(H2,47,58)(H2,48,59)(H,49,61)(H,50,60)(H,51,66)(H,52,62)(H,53,65)(H,54,63)(H,55,64);5-10,12-14H,2-3H2,1H3;;/q;;+1;-1/t25-,28-,29-,30-,31-,32-,33-,38-;5-,6+,7+,8+;;/m00../s1. The van der Waals surface area contributed by atoms with Crippen LogP contribution in [0.25, 0.3) is 0 Å². The van der Waals surface area contributed by atoms with Gasteiger partial charge in [0, 0.05) is 38.5 Å². The SMILES string of the molecule is CC(=O)O[C@@H]([C@H](O)[C@@H](O)CO)[C@H](O)CO.CC[C@H](C)[C@@H]1NC(=O)[C@H](Cc2ccc(OC)cc2)NC(=O)CCCSC[C@@H](C(=O)N2CCC[C@H]2C(=O)N[C@@H](CC(C)C)C(=O)NCC(N)=O)NC(=O)[C@H](CC(N)=O)NC(=O)[C@H](CCC(N)=O)NC1=O.[H-].[Na+]. The Bertz CT molecular complexity index is 2420. The van der Waals surface area contributed by atoms with Crippen LogP contribution >= 0.6 is 11.8 Å². The van der Waals surface area contributed by atoms with E-state index in [4.69, 9.17) is 37.3 Å². The van der Waals surface area contributed by atoms with Crippen molar-refractivity contribution in [2.75, 3.05) is 44.9 Å². The molecular weight excluding hydrogens is 1150 g/mol. The predicted molar refractivity (Wildman–Crippen MR) is 302 cm³/mol. The van der Waals surface area contributed by atoms with Crippen LogP contribution < -0.4 is 88.7 Å². The number of esters is 1. The second kappa shape index (κ2) is 39.5. The third kappa shape index (κ3) is 27.4. The van der Waals surface area contributed by atoms with E-state index < -0.39 is 176 Å². The number of rotatable bonds is 24. The second-order valence-electron chi connectivity index (χ2n) is 20.7. The molecule has 2 aliphatic heterocycles. The topological polar surface area (TPSA) is 490 Å². The van der Waals surface area contributed by atoms with Gasteiger partial charge < -0.3 is 95.8 Å². The number of nitrogens with two attached hydrogens (primary N) is 3. The average Bonchev–Trinajstić information content (AvgIpc) is 2.35. The molecule has 0 bridgehead atoms. The minimum atomic E-state index is -1.71. The summed E-state index contributed by atoms with van der Waals surface area (Å²) in [6, 6.07) is -2.40. The van der Waals surface area contributed by atoms with Crippen molar-refractivity contribution in [3.63, 3.8) is 0 Å². The van der Waals surface area contributed by atoms with Gasteiger partial charge in [-0.2, -0.15) is 11.8 Å². The summed E-state index contributed by atoms with van der Waals surface area (Å²) in [5, 5.41) is 63.0. The van der Waals surface area contributed by atoms with Gasteiger partial charge in [-0.25, -0.2) is 0 Å². The van der Waals surface area contributed by atoms with E-state index in [2.05, 4.69) is 42.0 Å². The molecule has 30 nitrogen and oxygen atoms in total. The molecule has 0 unspecified atom stereocenters. The maximum atomic E-state index is 14.5. The number of methoxy groups -OCH3 is 1. The molecule has 0 aromatic heterocycles. The van der Waals surface area contributed by atoms with Gasteiger partial charge in [0.2, 0.25) is 65.0 Å². The van der Waals surface area contributed by atoms with Crippen molar-refractivity contribution < 1.29 is 124 Å². The van der Waals surface area contributed by atoms with Crippen LogP contribution in [0.4, 0.5) is 0 Å². The molecule has 1 aromatic carbocycles. The van der Waals surface area contributed by atoms with E-state index in [1.54, 1.807) is 38.1 Å². The van der Waals surface area contributed by atoms with E-state index in [0.717, 1.165) is 6.92 Å². The number of amides is 11. The summed E-state index contributed by atoms with van der Waals surface area (Å²) in [5.74, 6) is -9.38. The van der Waals surface area contributed by atoms with Crippen molar-refractivity contribution in [3.05, 3.63) is 29.8 Å². The van der Waals surface area contributed by atoms with Gasteiger partial charge in [-0.15, -0.1) is 0 Å². The Morgan fingerprint density at radius 3 is 1.96 bits per heavy atom. The van der Waals surface area contributed by atoms with Crippen LogP contribution in [-0.4, -0.2) is 213 Å². The van der Waals surface area contributed by atoms with Gasteiger partial charge in [0.15, 0.2) is 6.10 Å². The Morgan fingerprint density at radius 1 is 0.800 bits per heavy atom. The summed E-state index contributed by atoms with van der Waals surface area (Å²) < 4.78 is 9.77. The van der Waals surface area contributed by atoms with Crippen LogP contribution in [0.2, 0.25) is 0 Å². The van der Waals surface area contributed by atoms with Crippen LogP contribution in [0.5, 0.6) is 5.75 Å². The largest absolute Gasteiger partial charge is 1.00 e. The fourth-order valence-corrected chi connectivity index (χ4v) is 9.66. The van der Waals surface area contributed by atoms with Gasteiger partial charge >= 0.3 is 35.5 Å². The van der Waals surface area contributed by atoms with Gasteiger partial charge in [-0.3, -0.25) is 57.5 Å². The number of likely N-dealkylation sites (tertiary alicyclic amines) is 1. The molecule has 11 amide bonds. The van der Waals surface area contributed by atoms with Crippen LogP contribution in [0.15, 0.2) is 24.3 Å². The third-order valence-electron chi connectivity index (χ3n) is 13.4. The smallest absolute Gasteiger partial charge is 1.00 e. The summed E-state index contributed by atoms with van der Waals surface area (Å²) >= 11 is 1.18. The zero-order chi connectivity index (χ0) is 63.4. The number of carbonyl (C=O) groups is 12. The first-order chi connectivity index (χ1) is 39.6. The van der Waals surface area contributed by atoms with Crippen LogP contribution in [-0.2, 0) is 68.7 Å². The van der Waals surface area contributed by atoms with E-state index in [1.165, 1.54) is 23.8 Å². The van der Waals surface area contributed by atoms with Crippen molar-refractivity contribution >= 4 is 82.7 Å². The van der Waals surface area contributed by atoms with Crippen molar-refractivity contribution in [1.29, 1.82) is 0 Å². The summed E-state index contributed by atoms with van der Waals surface area (Å²) in [6.45, 7) is 6.30. The van der Waals surface area contributed by atoms with E-state index in [-0.39, 0.29) is 93.5 Å². The van der Waals surface area contributed by atoms with Crippen molar-refractivity contribution in [2.24, 2.45) is 29.0 Å². The predicted octanol–water partition coefficient (Wildman–Crippen LogP) is -8.40. The summed E-state index contributed by atoms with van der Waals surface area (Å²) in [6.07, 6.45) is -6.40. The van der Waals surface area contributed by atoms with Crippen molar-refractivity contribution in [3.8, 4) is 5.75 Å². The van der Waals surface area contributed by atoms with Gasteiger partial charge in [0.05, 0.1) is 33.3 Å². The molecule has 3 rings (SSSR count). The van der Waals surface area contributed by atoms with Gasteiger partial charge in [-0.1, -0.05) is 46.2 Å². The maximum Gasteiger partial charge on any atom is 1.00 e. The van der Waals surface area contributed by atoms with Gasteiger partial charge in [0.25, 0.3) is 0 Å². The number of nitrogens with one attached hydrogen (secondary N) is 7. The monoisotopic (exact) mass is 1240 g/mol. The van der Waals surface area contributed by atoms with Gasteiger partial charge in [-0.05, 0) is 67.4 Å². The third-order valence-corrected chi connectivity index (χ3v) is 14.5. The first-order valence-electron chi connectivity index (χ1n) is 27.5. The molecule has 0 aliphatic carbocycles. The molecule has 2 aliphatic rings. The number of thioether (sulfide) groups is 1. The van der Waals surface area contributed by atoms with E-state index in [0.29, 0.717) is 24.2 Å². The van der Waals surface area contributed by atoms with Crippen LogP contribution in [0.3, 0.4) is 0 Å². The normalized spacial score (nSPS) is 22.2. The zero-order valence-corrected chi connectivity index (χ0v) is 52.0. The van der Waals surface area contributed by atoms with E-state index in [1.807, 2.05) is 13.8 Å². The van der Waals surface area contributed by atoms with E-state index >= 15 is 0 Å². The molecule has 0 radical (unpaired) electrons. The number of hydrogen-bond acceptors (Lipinski definition) is 20. The number of hydrogen-bond donors (Lipinski definition) is 15. The maximum absolute atomic E-state index is 14.5. The Kier molecular flexibility index (Phi) is 35.7. The average molecular weight is 1240 g/mol. The number of ether oxygens (including phenoxy) is 2. The number of carbonyl (C=O) groups excluding carboxylic acids is 12. The molecular formula is C53H86N11NaO19S. The number of aliphatic hydroxyl groups excluding tert-OH is 5. The molecule has 2 saturated heterocycles. The fourth-order valence-electron chi connectivity index (χ4n) is 8.68. The summed E-state index contributed by atoms with van der Waals surface area (Å²) in [4.78, 5) is 159. The molecule has 32 heteroatoms. The Hall–Kier alpha value is -6.19. The summed E-state index contributed by atoms with van der Waals surface area (Å²) in [5.41, 5.74) is 16.8. The molecule has 0 saturated carbocycles. The number of aliphatic hydroxyl groups is 5. The quantitative estimate of drug-likeness (QED) is 0.0338. The summed E-state index contributed by atoms with van der Waals surface area (Å²) in [7, 11) is 1.50. The van der Waals surface area contributed by atoms with Crippen LogP contribution in [0.1, 0.15) is 99.4 Å². The van der Waals surface area contributed by atoms with E-state index in [9.17, 15) is 67.7 Å². The number of benzene rings is 1. The minimum absolute atomic E-state index is 0. The Labute approximate surface area is 520 Å². The molecule has 2 heterocycles. The zero-order valence-electron chi connectivity index (χ0n) is 50.2. The molecule has 2 fully saturated rings. The molecule has 12 atom stereocenters. The Balaban J connectivity index is 0.00000372. The number of nitrogens with zero attached hydrogens (tertiary/aromatic N) is 1. The second-order valence-corrected chi connectivity index (χ2v) is 21.9. The number of primary amides is 3. The van der Waals surface area contributed by atoms with Crippen molar-refractivity contribution in [2.45, 2.75) is 166 Å². The van der Waals surface area contributed by atoms with Crippen LogP contribution in [0, 0.1) is 11.8 Å².